The second-order valence-corrected chi connectivity index (χ2v) is 19.2. The summed E-state index contributed by atoms with van der Waals surface area (Å²) in [4.78, 5) is 81.9. The number of fused-ring (bicyclic) bond motifs is 2. The second-order valence-electron chi connectivity index (χ2n) is 17.5. The highest BCUT2D eigenvalue weighted by atomic mass is 32.1. The number of nitrogens with zero attached hydrogens (tertiary/aromatic N) is 8. The van der Waals surface area contributed by atoms with Gasteiger partial charge in [0.1, 0.15) is 16.3 Å². The van der Waals surface area contributed by atoms with E-state index in [-0.39, 0.29) is 11.8 Å². The maximum atomic E-state index is 12.8. The Balaban J connectivity index is 0.000000139. The zero-order valence-corrected chi connectivity index (χ0v) is 41.1. The third-order valence-electron chi connectivity index (χ3n) is 12.9. The fourth-order valence-electron chi connectivity index (χ4n) is 8.83. The molecule has 8 heterocycles. The fourth-order valence-corrected chi connectivity index (χ4v) is 10.5. The van der Waals surface area contributed by atoms with Crippen molar-refractivity contribution in [2.45, 2.75) is 6.42 Å². The number of hydrogen-bond acceptors (Lipinski definition) is 13. The van der Waals surface area contributed by atoms with Crippen LogP contribution in [0.2, 0.25) is 0 Å². The molecule has 0 unspecified atom stereocenters. The highest BCUT2D eigenvalue weighted by Crippen LogP contribution is 2.38. The van der Waals surface area contributed by atoms with E-state index >= 15 is 0 Å². The molecule has 0 saturated carbocycles. The van der Waals surface area contributed by atoms with Crippen molar-refractivity contribution in [2.24, 2.45) is 0 Å². The summed E-state index contributed by atoms with van der Waals surface area (Å²) >= 11 is 3.20. The van der Waals surface area contributed by atoms with E-state index in [1.165, 1.54) is 0 Å². The topological polar surface area (TPSA) is 174 Å². The molecular weight excluding hydrogens is 957 g/mol. The van der Waals surface area contributed by atoms with Crippen LogP contribution in [0.25, 0.3) is 55.3 Å². The number of thiazole rings is 2. The third kappa shape index (κ3) is 11.3. The number of carbonyl (C=O) groups is 5. The van der Waals surface area contributed by atoms with E-state index in [9.17, 15) is 24.0 Å². The number of aldehydes is 1. The number of amides is 4. The smallest absolute Gasteiger partial charge is 0.256 e. The van der Waals surface area contributed by atoms with Crippen LogP contribution >= 0.6 is 22.7 Å². The average Bonchev–Trinajstić information content (AvgIpc) is 4.29. The number of aromatic nitrogens is 4. The predicted octanol–water partition coefficient (Wildman–Crippen LogP) is 8.79. The summed E-state index contributed by atoms with van der Waals surface area (Å²) in [6.45, 7) is 6.32. The lowest BCUT2D eigenvalue weighted by Crippen LogP contribution is -2.45. The third-order valence-corrected chi connectivity index (χ3v) is 14.7. The van der Waals surface area contributed by atoms with Crippen LogP contribution in [0.3, 0.4) is 0 Å². The quantitative estimate of drug-likeness (QED) is 0.0991. The molecule has 0 aliphatic carbocycles. The molecule has 73 heavy (non-hydrogen) atoms. The zero-order chi connectivity index (χ0) is 50.1. The lowest BCUT2D eigenvalue weighted by Gasteiger charge is -2.34. The minimum Gasteiger partial charge on any atom is -0.368 e. The lowest BCUT2D eigenvalue weighted by atomic mass is 10.0. The molecule has 0 atom stereocenters. The SMILES string of the molecule is O=C1Cc2cc(-c3csc(-c4ccncc4)n3)ccc2N1.O=CN1CCN(c2ccc(/C=C3\C(=O)Nc4ccc(-c5csc(-c6ccncc6)n5)cc43)cc2)CC1.O=Cc1ccc(N2CCN(C=O)CC2)cc1. The number of hydrogen-bond donors (Lipinski definition) is 2. The summed E-state index contributed by atoms with van der Waals surface area (Å²) in [5.74, 6) is -0.0510. The first-order chi connectivity index (χ1) is 35.8. The van der Waals surface area contributed by atoms with Gasteiger partial charge in [0, 0.05) is 150 Å². The van der Waals surface area contributed by atoms with Gasteiger partial charge in [0.25, 0.3) is 5.91 Å². The number of piperazine rings is 2. The van der Waals surface area contributed by atoms with Gasteiger partial charge in [0.15, 0.2) is 0 Å². The molecule has 0 radical (unpaired) electrons. The molecular formula is C56H48N10O5S2. The largest absolute Gasteiger partial charge is 0.368 e. The van der Waals surface area contributed by atoms with Crippen LogP contribution in [0, 0.1) is 0 Å². The molecule has 4 aliphatic heterocycles. The van der Waals surface area contributed by atoms with Crippen molar-refractivity contribution >= 4 is 88.0 Å². The molecule has 8 aromatic rings. The van der Waals surface area contributed by atoms with Crippen LogP contribution in [-0.2, 0) is 25.6 Å². The van der Waals surface area contributed by atoms with Crippen LogP contribution < -0.4 is 20.4 Å². The molecule has 15 nitrogen and oxygen atoms in total. The summed E-state index contributed by atoms with van der Waals surface area (Å²) in [6, 6.07) is 35.5. The Kier molecular flexibility index (Phi) is 14.6. The Morgan fingerprint density at radius 1 is 0.507 bits per heavy atom. The second kappa shape index (κ2) is 22.2. The van der Waals surface area contributed by atoms with Gasteiger partial charge in [-0.25, -0.2) is 9.97 Å². The molecule has 4 aliphatic rings. The monoisotopic (exact) mass is 1000 g/mol. The van der Waals surface area contributed by atoms with Crippen molar-refractivity contribution in [3.8, 4) is 43.7 Å². The summed E-state index contributed by atoms with van der Waals surface area (Å²) in [7, 11) is 0. The van der Waals surface area contributed by atoms with E-state index in [4.69, 9.17) is 4.98 Å². The van der Waals surface area contributed by atoms with Gasteiger partial charge in [0.05, 0.1) is 17.8 Å². The average molecular weight is 1010 g/mol. The predicted molar refractivity (Wildman–Crippen MR) is 288 cm³/mol. The molecule has 0 bridgehead atoms. The first-order valence-electron chi connectivity index (χ1n) is 23.7. The van der Waals surface area contributed by atoms with Gasteiger partial charge in [-0.15, -0.1) is 22.7 Å². The minimum absolute atomic E-state index is 0.0536. The van der Waals surface area contributed by atoms with Crippen LogP contribution in [0.1, 0.15) is 27.0 Å². The van der Waals surface area contributed by atoms with Gasteiger partial charge in [-0.2, -0.15) is 0 Å². The fraction of sp³-hybridized carbons (Fsp3) is 0.161. The van der Waals surface area contributed by atoms with Gasteiger partial charge in [-0.1, -0.05) is 24.3 Å². The lowest BCUT2D eigenvalue weighted by molar-refractivity contribution is -0.119. The first kappa shape index (κ1) is 48.0. The highest BCUT2D eigenvalue weighted by Gasteiger charge is 2.26. The molecule has 4 amide bonds. The van der Waals surface area contributed by atoms with Crippen molar-refractivity contribution in [1.29, 1.82) is 0 Å². The normalized spacial score (nSPS) is 15.3. The maximum Gasteiger partial charge on any atom is 0.256 e. The van der Waals surface area contributed by atoms with E-state index in [0.29, 0.717) is 17.6 Å². The van der Waals surface area contributed by atoms with Crippen molar-refractivity contribution in [3.63, 3.8) is 0 Å². The Bertz CT molecular complexity index is 3290. The van der Waals surface area contributed by atoms with E-state index in [2.05, 4.69) is 47.5 Å². The number of pyridine rings is 2. The zero-order valence-electron chi connectivity index (χ0n) is 39.5. The number of carbonyl (C=O) groups excluding carboxylic acids is 5. The summed E-state index contributed by atoms with van der Waals surface area (Å²) in [5.41, 5.74) is 14.1. The van der Waals surface area contributed by atoms with Gasteiger partial charge in [-0.3, -0.25) is 33.9 Å². The number of rotatable bonds is 10. The van der Waals surface area contributed by atoms with Gasteiger partial charge >= 0.3 is 0 Å². The van der Waals surface area contributed by atoms with E-state index in [1.54, 1.807) is 57.3 Å². The minimum atomic E-state index is -0.105. The molecule has 4 aromatic carbocycles. The summed E-state index contributed by atoms with van der Waals surface area (Å²) < 4.78 is 0. The van der Waals surface area contributed by atoms with Crippen LogP contribution in [0.4, 0.5) is 22.7 Å². The van der Waals surface area contributed by atoms with Gasteiger partial charge in [-0.05, 0) is 102 Å². The van der Waals surface area contributed by atoms with Crippen LogP contribution in [0.5, 0.6) is 0 Å². The highest BCUT2D eigenvalue weighted by molar-refractivity contribution is 7.13. The maximum absolute atomic E-state index is 12.8. The molecule has 364 valence electrons. The molecule has 4 aromatic heterocycles. The molecule has 0 spiro atoms. The Morgan fingerprint density at radius 2 is 1.00 bits per heavy atom. The molecule has 2 N–H and O–H groups in total. The Morgan fingerprint density at radius 3 is 1.51 bits per heavy atom. The van der Waals surface area contributed by atoms with Gasteiger partial charge < -0.3 is 30.2 Å². The van der Waals surface area contributed by atoms with E-state index < -0.39 is 0 Å². The van der Waals surface area contributed by atoms with Crippen LogP contribution in [-0.4, -0.2) is 113 Å². The van der Waals surface area contributed by atoms with Gasteiger partial charge in [0.2, 0.25) is 18.7 Å². The summed E-state index contributed by atoms with van der Waals surface area (Å²) in [5, 5.41) is 11.8. The van der Waals surface area contributed by atoms with Crippen LogP contribution in [0.15, 0.2) is 145 Å². The Labute approximate surface area is 429 Å². The van der Waals surface area contributed by atoms with Crippen molar-refractivity contribution in [3.05, 3.63) is 167 Å². The summed E-state index contributed by atoms with van der Waals surface area (Å²) in [6.07, 6.45) is 12.1. The van der Waals surface area contributed by atoms with Crippen molar-refractivity contribution in [1.82, 2.24) is 29.7 Å². The molecule has 2 fully saturated rings. The molecule has 12 rings (SSSR count). The standard InChI is InChI=1S/C28H23N5O2S.C16H11N3OS.C12H14N2O2/c34-18-32-11-13-33(14-12-32)22-4-1-19(2-5-22)15-24-23-16-21(3-6-25(23)30-27(24)35)26-17-36-28(31-26)20-7-9-29-10-8-20;20-15-8-12-7-11(1-2-13(12)18-15)14-9-21-16(19-14)10-3-5-17-6-4-10;15-9-11-1-3-12(4-2-11)14-7-5-13(10-16)6-8-14/h1-10,15-18H,11-14H2,(H,30,35);1-7,9H,8H2,(H,18,20);1-4,9-10H,5-8H2/b24-15-;;. The van der Waals surface area contributed by atoms with E-state index in [1.807, 2.05) is 114 Å². The van der Waals surface area contributed by atoms with Crippen molar-refractivity contribution in [2.75, 3.05) is 72.8 Å². The molecule has 17 heteroatoms. The number of anilines is 4. The Hall–Kier alpha value is -8.67. The first-order valence-corrected chi connectivity index (χ1v) is 25.4. The van der Waals surface area contributed by atoms with E-state index in [0.717, 1.165) is 155 Å². The number of benzene rings is 4. The molecule has 2 saturated heterocycles. The van der Waals surface area contributed by atoms with Crippen molar-refractivity contribution < 1.29 is 24.0 Å². The number of nitrogens with one attached hydrogen (secondary N) is 2.